The summed E-state index contributed by atoms with van der Waals surface area (Å²) in [6, 6.07) is 22.9. The summed E-state index contributed by atoms with van der Waals surface area (Å²) in [5.41, 5.74) is 2.30. The highest BCUT2D eigenvalue weighted by Crippen LogP contribution is 2.33. The number of carbonyl (C=O) groups is 1. The maximum absolute atomic E-state index is 11.4. The third-order valence-electron chi connectivity index (χ3n) is 6.81. The Bertz CT molecular complexity index is 1170. The fraction of sp³-hybridized carbons (Fsp3) is 0.345. The van der Waals surface area contributed by atoms with Gasteiger partial charge in [-0.1, -0.05) is 60.7 Å². The van der Waals surface area contributed by atoms with Crippen molar-refractivity contribution in [1.29, 1.82) is 0 Å². The van der Waals surface area contributed by atoms with Gasteiger partial charge in [-0.2, -0.15) is 0 Å². The third-order valence-corrected chi connectivity index (χ3v) is 6.81. The molecule has 5 rings (SSSR count). The lowest BCUT2D eigenvalue weighted by molar-refractivity contribution is -0.135. The van der Waals surface area contributed by atoms with Gasteiger partial charge in [0.1, 0.15) is 24.2 Å². The molecule has 0 spiro atoms. The Labute approximate surface area is 200 Å². The smallest absolute Gasteiger partial charge is 0.311 e. The Hall–Kier alpha value is -3.15. The van der Waals surface area contributed by atoms with Crippen LogP contribution in [0.15, 0.2) is 72.5 Å². The van der Waals surface area contributed by atoms with Crippen LogP contribution in [0, 0.1) is 0 Å². The van der Waals surface area contributed by atoms with Crippen LogP contribution >= 0.6 is 0 Å². The minimum absolute atomic E-state index is 0.190. The number of fused-ring (bicyclic) bond motifs is 1. The molecule has 0 aromatic heterocycles. The molecule has 2 heterocycles. The zero-order chi connectivity index (χ0) is 23.3. The van der Waals surface area contributed by atoms with E-state index in [0.717, 1.165) is 31.5 Å². The van der Waals surface area contributed by atoms with E-state index in [9.17, 15) is 9.90 Å². The molecule has 2 fully saturated rings. The number of hydrogen-bond acceptors (Lipinski definition) is 5. The second-order valence-electron chi connectivity index (χ2n) is 9.23. The summed E-state index contributed by atoms with van der Waals surface area (Å²) in [4.78, 5) is 13.7. The van der Waals surface area contributed by atoms with Crippen LogP contribution in [0.3, 0.4) is 0 Å². The number of aliphatic hydroxyl groups excluding tert-OH is 1. The number of hydrogen-bond donors (Lipinski definition) is 1. The highest BCUT2D eigenvalue weighted by Gasteiger charge is 2.24. The summed E-state index contributed by atoms with van der Waals surface area (Å²) in [5, 5.41) is 13.3. The molecule has 0 saturated carbocycles. The first-order chi connectivity index (χ1) is 16.7. The van der Waals surface area contributed by atoms with E-state index >= 15 is 0 Å². The molecule has 0 amide bonds. The van der Waals surface area contributed by atoms with E-state index < -0.39 is 6.10 Å². The average molecular weight is 458 g/mol. The van der Waals surface area contributed by atoms with Crippen molar-refractivity contribution in [2.45, 2.75) is 37.7 Å². The van der Waals surface area contributed by atoms with Crippen LogP contribution in [0.4, 0.5) is 0 Å². The number of β-amino-alcohol motifs (C(OH)–C–C–N with tert-alkyl or cyclic N) is 1. The largest absolute Gasteiger partial charge is 0.490 e. The van der Waals surface area contributed by atoms with E-state index in [1.807, 2.05) is 30.3 Å². The Morgan fingerprint density at radius 3 is 2.59 bits per heavy atom. The average Bonchev–Trinajstić information content (AvgIpc) is 3.28. The van der Waals surface area contributed by atoms with Crippen molar-refractivity contribution < 1.29 is 19.4 Å². The number of piperidine rings is 1. The van der Waals surface area contributed by atoms with Gasteiger partial charge in [-0.15, -0.1) is 0 Å². The molecule has 0 unspecified atom stereocenters. The molecule has 2 aliphatic rings. The number of nitrogens with zero attached hydrogens (tertiary/aromatic N) is 1. The van der Waals surface area contributed by atoms with Crippen molar-refractivity contribution in [3.05, 3.63) is 83.6 Å². The van der Waals surface area contributed by atoms with Crippen molar-refractivity contribution in [2.24, 2.45) is 0 Å². The van der Waals surface area contributed by atoms with E-state index in [-0.39, 0.29) is 12.6 Å². The molecule has 176 valence electrons. The van der Waals surface area contributed by atoms with E-state index in [2.05, 4.69) is 47.4 Å². The number of esters is 1. The van der Waals surface area contributed by atoms with Crippen LogP contribution in [-0.4, -0.2) is 48.3 Å². The number of rotatable bonds is 7. The van der Waals surface area contributed by atoms with Crippen molar-refractivity contribution in [3.8, 4) is 5.75 Å². The molecule has 5 nitrogen and oxygen atoms in total. The highest BCUT2D eigenvalue weighted by atomic mass is 16.5. The zero-order valence-corrected chi connectivity index (χ0v) is 19.4. The monoisotopic (exact) mass is 457 g/mol. The van der Waals surface area contributed by atoms with Crippen molar-refractivity contribution in [1.82, 2.24) is 4.90 Å². The van der Waals surface area contributed by atoms with Gasteiger partial charge in [-0.3, -0.25) is 4.79 Å². The van der Waals surface area contributed by atoms with Crippen molar-refractivity contribution in [3.63, 3.8) is 0 Å². The summed E-state index contributed by atoms with van der Waals surface area (Å²) in [5.74, 6) is 1.71. The van der Waals surface area contributed by atoms with E-state index in [1.165, 1.54) is 16.3 Å². The lowest BCUT2D eigenvalue weighted by Gasteiger charge is -2.33. The first kappa shape index (κ1) is 22.6. The Morgan fingerprint density at radius 2 is 1.76 bits per heavy atom. The standard InChI is InChI=1S/C29H31NO4/c31-24(20-33-28-11-4-2-7-23(28)18-25-12-13-29(32)34-25)19-30-16-14-22(15-17-30)27-10-5-8-21-6-1-3-9-26(21)27/h1-11,18,22,24,31H,12-17,19-20H2/t24-/m0/s1. The summed E-state index contributed by atoms with van der Waals surface area (Å²) in [7, 11) is 0. The summed E-state index contributed by atoms with van der Waals surface area (Å²) < 4.78 is 11.2. The minimum atomic E-state index is -0.570. The van der Waals surface area contributed by atoms with Gasteiger partial charge >= 0.3 is 5.97 Å². The van der Waals surface area contributed by atoms with Gasteiger partial charge in [-0.05, 0) is 60.3 Å². The number of para-hydroxylation sites is 1. The van der Waals surface area contributed by atoms with Crippen LogP contribution in [0.2, 0.25) is 0 Å². The molecule has 34 heavy (non-hydrogen) atoms. The minimum Gasteiger partial charge on any atom is -0.490 e. The quantitative estimate of drug-likeness (QED) is 0.498. The number of benzene rings is 3. The van der Waals surface area contributed by atoms with Gasteiger partial charge in [0.05, 0.1) is 6.42 Å². The second kappa shape index (κ2) is 10.4. The molecule has 0 bridgehead atoms. The van der Waals surface area contributed by atoms with Gasteiger partial charge in [0, 0.05) is 18.5 Å². The maximum atomic E-state index is 11.4. The number of cyclic esters (lactones) is 1. The molecule has 1 N–H and O–H groups in total. The Balaban J connectivity index is 1.14. The molecule has 1 atom stereocenters. The van der Waals surface area contributed by atoms with Gasteiger partial charge in [-0.25, -0.2) is 0 Å². The van der Waals surface area contributed by atoms with E-state index in [1.54, 1.807) is 0 Å². The van der Waals surface area contributed by atoms with E-state index in [0.29, 0.717) is 36.8 Å². The third kappa shape index (κ3) is 5.32. The summed E-state index contributed by atoms with van der Waals surface area (Å²) in [6.45, 7) is 2.77. The maximum Gasteiger partial charge on any atom is 0.311 e. The normalized spacial score (nSPS) is 19.4. The molecule has 2 saturated heterocycles. The molecule has 3 aromatic carbocycles. The summed E-state index contributed by atoms with van der Waals surface area (Å²) >= 11 is 0. The number of allylic oxidation sites excluding steroid dienone is 1. The number of ether oxygens (including phenoxy) is 2. The lowest BCUT2D eigenvalue weighted by Crippen LogP contribution is -2.40. The van der Waals surface area contributed by atoms with Gasteiger partial charge in [0.25, 0.3) is 0 Å². The molecular weight excluding hydrogens is 426 g/mol. The molecule has 2 aliphatic heterocycles. The van der Waals surface area contributed by atoms with Crippen LogP contribution < -0.4 is 4.74 Å². The topological polar surface area (TPSA) is 59.0 Å². The Kier molecular flexibility index (Phi) is 6.93. The molecule has 3 aromatic rings. The van der Waals surface area contributed by atoms with Gasteiger partial charge in [0.2, 0.25) is 0 Å². The first-order valence-corrected chi connectivity index (χ1v) is 12.2. The SMILES string of the molecule is O=C1CCC(=Cc2ccccc2OC[C@@H](O)CN2CCC(c3cccc4ccccc34)CC2)O1. The van der Waals surface area contributed by atoms with Gasteiger partial charge in [0.15, 0.2) is 0 Å². The zero-order valence-electron chi connectivity index (χ0n) is 19.4. The molecule has 5 heteroatoms. The van der Waals surface area contributed by atoms with Crippen molar-refractivity contribution >= 4 is 22.8 Å². The van der Waals surface area contributed by atoms with Crippen LogP contribution in [0.1, 0.15) is 42.7 Å². The number of aliphatic hydroxyl groups is 1. The molecule has 0 aliphatic carbocycles. The number of likely N-dealkylation sites (tertiary alicyclic amines) is 1. The highest BCUT2D eigenvalue weighted by molar-refractivity contribution is 5.86. The number of carbonyl (C=O) groups excluding carboxylic acids is 1. The second-order valence-corrected chi connectivity index (χ2v) is 9.23. The fourth-order valence-corrected chi connectivity index (χ4v) is 5.05. The van der Waals surface area contributed by atoms with Crippen LogP contribution in [0.5, 0.6) is 5.75 Å². The molecular formula is C29H31NO4. The molecule has 0 radical (unpaired) electrons. The fourth-order valence-electron chi connectivity index (χ4n) is 5.05. The Morgan fingerprint density at radius 1 is 1.00 bits per heavy atom. The predicted molar refractivity (Wildman–Crippen MR) is 134 cm³/mol. The summed E-state index contributed by atoms with van der Waals surface area (Å²) in [6.07, 6.45) is 4.51. The van der Waals surface area contributed by atoms with E-state index in [4.69, 9.17) is 9.47 Å². The van der Waals surface area contributed by atoms with Crippen LogP contribution in [-0.2, 0) is 9.53 Å². The lowest BCUT2D eigenvalue weighted by atomic mass is 9.86. The predicted octanol–water partition coefficient (Wildman–Crippen LogP) is 5.14. The van der Waals surface area contributed by atoms with Crippen molar-refractivity contribution in [2.75, 3.05) is 26.2 Å². The van der Waals surface area contributed by atoms with Gasteiger partial charge < -0.3 is 19.5 Å². The van der Waals surface area contributed by atoms with Crippen LogP contribution in [0.25, 0.3) is 16.8 Å². The first-order valence-electron chi connectivity index (χ1n) is 12.2.